The van der Waals surface area contributed by atoms with Crippen molar-refractivity contribution < 1.29 is 9.59 Å². The minimum Gasteiger partial charge on any atom is -0.339 e. The Hall–Kier alpha value is -3.11. The number of hydrogen-bond donors (Lipinski definition) is 1. The Balaban J connectivity index is 1.33. The highest BCUT2D eigenvalue weighted by Gasteiger charge is 2.28. The molecule has 0 saturated carbocycles. The molecule has 3 aromatic rings. The fourth-order valence-electron chi connectivity index (χ4n) is 3.77. The van der Waals surface area contributed by atoms with Crippen molar-refractivity contribution in [3.63, 3.8) is 0 Å². The molecule has 3 aromatic carbocycles. The molecule has 30 heavy (non-hydrogen) atoms. The van der Waals surface area contributed by atoms with Crippen molar-refractivity contribution in [1.29, 1.82) is 0 Å². The number of amides is 2. The van der Waals surface area contributed by atoms with E-state index < -0.39 is 0 Å². The molecule has 2 amide bonds. The van der Waals surface area contributed by atoms with Gasteiger partial charge in [-0.1, -0.05) is 60.1 Å². The fourth-order valence-corrected chi connectivity index (χ4v) is 3.96. The topological polar surface area (TPSA) is 49.4 Å². The third-order valence-corrected chi connectivity index (χ3v) is 5.72. The molecular formula is C25H23ClN2O2. The van der Waals surface area contributed by atoms with Crippen LogP contribution in [0.2, 0.25) is 5.02 Å². The average molecular weight is 419 g/mol. The van der Waals surface area contributed by atoms with Crippen LogP contribution in [0.3, 0.4) is 0 Å². The van der Waals surface area contributed by atoms with Crippen LogP contribution in [0.5, 0.6) is 0 Å². The Morgan fingerprint density at radius 1 is 0.833 bits per heavy atom. The number of hydrogen-bond acceptors (Lipinski definition) is 2. The summed E-state index contributed by atoms with van der Waals surface area (Å²) in [6.07, 6.45) is 1.31. The molecule has 0 bridgehead atoms. The van der Waals surface area contributed by atoms with Crippen LogP contribution in [0.1, 0.15) is 23.2 Å². The Labute approximate surface area is 181 Å². The van der Waals surface area contributed by atoms with Gasteiger partial charge in [-0.05, 0) is 54.3 Å². The SMILES string of the molecule is O=C(Nc1cccc(Cl)c1)C1CCN(C(=O)c2ccc(-c3ccccc3)cc2)CC1. The largest absolute Gasteiger partial charge is 0.339 e. The van der Waals surface area contributed by atoms with E-state index in [-0.39, 0.29) is 17.7 Å². The van der Waals surface area contributed by atoms with Crippen molar-refractivity contribution in [3.05, 3.63) is 89.4 Å². The molecule has 4 nitrogen and oxygen atoms in total. The van der Waals surface area contributed by atoms with Gasteiger partial charge in [0, 0.05) is 35.3 Å². The minimum atomic E-state index is -0.103. The molecule has 152 valence electrons. The summed E-state index contributed by atoms with van der Waals surface area (Å²) in [6.45, 7) is 1.15. The lowest BCUT2D eigenvalue weighted by Gasteiger charge is -2.31. The number of likely N-dealkylation sites (tertiary alicyclic amines) is 1. The van der Waals surface area contributed by atoms with Crippen molar-refractivity contribution in [2.75, 3.05) is 18.4 Å². The van der Waals surface area contributed by atoms with Crippen molar-refractivity contribution >= 4 is 29.1 Å². The molecule has 1 aliphatic heterocycles. The van der Waals surface area contributed by atoms with Gasteiger partial charge >= 0.3 is 0 Å². The molecule has 1 N–H and O–H groups in total. The molecule has 4 rings (SSSR count). The molecule has 1 heterocycles. The first kappa shape index (κ1) is 20.2. The van der Waals surface area contributed by atoms with Gasteiger partial charge in [0.2, 0.25) is 5.91 Å². The summed E-state index contributed by atoms with van der Waals surface area (Å²) < 4.78 is 0. The average Bonchev–Trinajstić information content (AvgIpc) is 2.79. The van der Waals surface area contributed by atoms with Crippen LogP contribution in [0.15, 0.2) is 78.9 Å². The van der Waals surface area contributed by atoms with E-state index in [0.29, 0.717) is 42.2 Å². The van der Waals surface area contributed by atoms with E-state index in [1.54, 1.807) is 12.1 Å². The third-order valence-electron chi connectivity index (χ3n) is 5.48. The molecule has 0 aromatic heterocycles. The van der Waals surface area contributed by atoms with Gasteiger partial charge in [0.05, 0.1) is 0 Å². The van der Waals surface area contributed by atoms with Crippen LogP contribution in [0, 0.1) is 5.92 Å². The van der Waals surface area contributed by atoms with E-state index in [1.165, 1.54) is 0 Å². The molecule has 1 saturated heterocycles. The quantitative estimate of drug-likeness (QED) is 0.608. The monoisotopic (exact) mass is 418 g/mol. The number of nitrogens with zero attached hydrogens (tertiary/aromatic N) is 1. The predicted molar refractivity (Wildman–Crippen MR) is 121 cm³/mol. The van der Waals surface area contributed by atoms with Crippen LogP contribution in [-0.2, 0) is 4.79 Å². The molecule has 0 unspecified atom stereocenters. The van der Waals surface area contributed by atoms with Crippen molar-refractivity contribution in [1.82, 2.24) is 4.90 Å². The molecule has 0 radical (unpaired) electrons. The van der Waals surface area contributed by atoms with Crippen LogP contribution in [-0.4, -0.2) is 29.8 Å². The number of piperidine rings is 1. The fraction of sp³-hybridized carbons (Fsp3) is 0.200. The van der Waals surface area contributed by atoms with Crippen LogP contribution in [0.4, 0.5) is 5.69 Å². The van der Waals surface area contributed by atoms with E-state index in [0.717, 1.165) is 11.1 Å². The summed E-state index contributed by atoms with van der Waals surface area (Å²) >= 11 is 5.98. The van der Waals surface area contributed by atoms with E-state index in [9.17, 15) is 9.59 Å². The first-order chi connectivity index (χ1) is 14.6. The summed E-state index contributed by atoms with van der Waals surface area (Å²) in [5, 5.41) is 3.51. The maximum Gasteiger partial charge on any atom is 0.253 e. The molecule has 5 heteroatoms. The third kappa shape index (κ3) is 4.71. The zero-order valence-electron chi connectivity index (χ0n) is 16.6. The van der Waals surface area contributed by atoms with Gasteiger partial charge in [0.15, 0.2) is 0 Å². The number of nitrogens with one attached hydrogen (secondary N) is 1. The van der Waals surface area contributed by atoms with Crippen LogP contribution < -0.4 is 5.32 Å². The number of carbonyl (C=O) groups excluding carboxylic acids is 2. The smallest absolute Gasteiger partial charge is 0.253 e. The second-order valence-electron chi connectivity index (χ2n) is 7.51. The van der Waals surface area contributed by atoms with Crippen molar-refractivity contribution in [2.24, 2.45) is 5.92 Å². The Bertz CT molecular complexity index is 1030. The van der Waals surface area contributed by atoms with Gasteiger partial charge in [-0.2, -0.15) is 0 Å². The number of benzene rings is 3. The summed E-state index contributed by atoms with van der Waals surface area (Å²) in [7, 11) is 0. The number of rotatable bonds is 4. The second-order valence-corrected chi connectivity index (χ2v) is 7.95. The summed E-state index contributed by atoms with van der Waals surface area (Å²) in [5.74, 6) is -0.103. The molecule has 0 aliphatic carbocycles. The Morgan fingerprint density at radius 3 is 2.17 bits per heavy atom. The molecule has 0 atom stereocenters. The van der Waals surface area contributed by atoms with Gasteiger partial charge in [-0.15, -0.1) is 0 Å². The summed E-state index contributed by atoms with van der Waals surface area (Å²) in [6, 6.07) is 24.9. The Kier molecular flexibility index (Phi) is 6.15. The maximum atomic E-state index is 12.9. The summed E-state index contributed by atoms with van der Waals surface area (Å²) in [5.41, 5.74) is 3.59. The molecule has 1 aliphatic rings. The normalized spacial score (nSPS) is 14.4. The minimum absolute atomic E-state index is 0.0170. The van der Waals surface area contributed by atoms with Gasteiger partial charge in [-0.25, -0.2) is 0 Å². The number of halogens is 1. The maximum absolute atomic E-state index is 12.9. The molecular weight excluding hydrogens is 396 g/mol. The lowest BCUT2D eigenvalue weighted by atomic mass is 9.95. The highest BCUT2D eigenvalue weighted by molar-refractivity contribution is 6.30. The van der Waals surface area contributed by atoms with Crippen LogP contribution >= 0.6 is 11.6 Å². The predicted octanol–water partition coefficient (Wildman–Crippen LogP) is 5.50. The highest BCUT2D eigenvalue weighted by Crippen LogP contribution is 2.24. The van der Waals surface area contributed by atoms with Gasteiger partial charge < -0.3 is 10.2 Å². The van der Waals surface area contributed by atoms with Crippen molar-refractivity contribution in [2.45, 2.75) is 12.8 Å². The van der Waals surface area contributed by atoms with Gasteiger partial charge in [0.1, 0.15) is 0 Å². The lowest BCUT2D eigenvalue weighted by Crippen LogP contribution is -2.41. The van der Waals surface area contributed by atoms with Gasteiger partial charge in [0.25, 0.3) is 5.91 Å². The van der Waals surface area contributed by atoms with Gasteiger partial charge in [-0.3, -0.25) is 9.59 Å². The lowest BCUT2D eigenvalue weighted by molar-refractivity contribution is -0.121. The van der Waals surface area contributed by atoms with E-state index >= 15 is 0 Å². The van der Waals surface area contributed by atoms with E-state index in [2.05, 4.69) is 17.4 Å². The van der Waals surface area contributed by atoms with E-state index in [4.69, 9.17) is 11.6 Å². The summed E-state index contributed by atoms with van der Waals surface area (Å²) in [4.78, 5) is 27.2. The first-order valence-electron chi connectivity index (χ1n) is 10.1. The number of anilines is 1. The standard InChI is InChI=1S/C25H23ClN2O2/c26-22-7-4-8-23(17-22)27-24(29)20-13-15-28(16-14-20)25(30)21-11-9-19(10-12-21)18-5-2-1-3-6-18/h1-12,17,20H,13-16H2,(H,27,29). The van der Waals surface area contributed by atoms with Crippen molar-refractivity contribution in [3.8, 4) is 11.1 Å². The van der Waals surface area contributed by atoms with E-state index in [1.807, 2.05) is 59.5 Å². The molecule has 1 fully saturated rings. The zero-order valence-corrected chi connectivity index (χ0v) is 17.3. The Morgan fingerprint density at radius 2 is 1.50 bits per heavy atom. The number of carbonyl (C=O) groups is 2. The first-order valence-corrected chi connectivity index (χ1v) is 10.5. The second kappa shape index (κ2) is 9.14. The molecule has 0 spiro atoms. The zero-order chi connectivity index (χ0) is 20.9. The highest BCUT2D eigenvalue weighted by atomic mass is 35.5. The van der Waals surface area contributed by atoms with Crippen LogP contribution in [0.25, 0.3) is 11.1 Å².